The van der Waals surface area contributed by atoms with Crippen LogP contribution >= 0.6 is 0 Å². The summed E-state index contributed by atoms with van der Waals surface area (Å²) in [5.41, 5.74) is 0.292. The van der Waals surface area contributed by atoms with E-state index in [0.29, 0.717) is 25.4 Å². The molecule has 0 aliphatic carbocycles. The van der Waals surface area contributed by atoms with Crippen LogP contribution in [-0.4, -0.2) is 64.6 Å². The molecule has 10 heteroatoms. The van der Waals surface area contributed by atoms with Gasteiger partial charge in [-0.2, -0.15) is 22.0 Å². The second kappa shape index (κ2) is 12.6. The Morgan fingerprint density at radius 1 is 1.05 bits per heavy atom. The lowest BCUT2D eigenvalue weighted by atomic mass is 9.85. The summed E-state index contributed by atoms with van der Waals surface area (Å²) < 4.78 is 67.8. The number of piperidine rings is 1. The van der Waals surface area contributed by atoms with Crippen molar-refractivity contribution in [2.75, 3.05) is 32.7 Å². The smallest absolute Gasteiger partial charge is 0.417 e. The molecule has 232 valence electrons. The molecule has 1 aromatic heterocycles. The minimum absolute atomic E-state index is 0.103. The second-order valence-electron chi connectivity index (χ2n) is 13.3. The van der Waals surface area contributed by atoms with Gasteiger partial charge in [-0.15, -0.1) is 0 Å². The van der Waals surface area contributed by atoms with Crippen molar-refractivity contribution in [2.24, 2.45) is 17.3 Å². The van der Waals surface area contributed by atoms with Gasteiger partial charge >= 0.3 is 12.1 Å². The molecular weight excluding hydrogens is 553 g/mol. The first-order valence-electron chi connectivity index (χ1n) is 14.7. The number of likely N-dealkylation sites (tertiary alicyclic amines) is 2. The third kappa shape index (κ3) is 7.86. The van der Waals surface area contributed by atoms with Crippen LogP contribution in [0, 0.1) is 24.2 Å². The molecule has 3 heterocycles. The SMILES string of the molecule is Cc1cccc(C2CN(C(C(=O)O)C(C)(C)C)CC2CN2CCC(CCC(F)(F)c3ccc(C(F)(F)F)cn3)CC2)c1. The Morgan fingerprint density at radius 3 is 2.29 bits per heavy atom. The van der Waals surface area contributed by atoms with Crippen molar-refractivity contribution in [1.82, 2.24) is 14.8 Å². The van der Waals surface area contributed by atoms with E-state index in [0.717, 1.165) is 38.5 Å². The number of aliphatic carboxylic acids is 1. The summed E-state index contributed by atoms with van der Waals surface area (Å²) in [6.45, 7) is 11.6. The van der Waals surface area contributed by atoms with Crippen LogP contribution in [0.1, 0.15) is 74.8 Å². The molecule has 42 heavy (non-hydrogen) atoms. The first-order chi connectivity index (χ1) is 19.5. The number of halogens is 5. The zero-order valence-corrected chi connectivity index (χ0v) is 24.8. The summed E-state index contributed by atoms with van der Waals surface area (Å²) >= 11 is 0. The Kier molecular flexibility index (Phi) is 9.67. The number of hydrogen-bond acceptors (Lipinski definition) is 4. The molecule has 1 N–H and O–H groups in total. The predicted molar refractivity (Wildman–Crippen MR) is 151 cm³/mol. The third-order valence-corrected chi connectivity index (χ3v) is 8.89. The largest absolute Gasteiger partial charge is 0.480 e. The van der Waals surface area contributed by atoms with Crippen LogP contribution in [0.25, 0.3) is 0 Å². The van der Waals surface area contributed by atoms with Gasteiger partial charge in [0.25, 0.3) is 5.92 Å². The van der Waals surface area contributed by atoms with Crippen molar-refractivity contribution >= 4 is 5.97 Å². The number of aromatic nitrogens is 1. The molecule has 1 aromatic carbocycles. The van der Waals surface area contributed by atoms with Gasteiger partial charge in [0.05, 0.1) is 5.56 Å². The Hall–Kier alpha value is -2.59. The highest BCUT2D eigenvalue weighted by Crippen LogP contribution is 2.40. The molecule has 2 fully saturated rings. The van der Waals surface area contributed by atoms with Gasteiger partial charge in [0.1, 0.15) is 11.7 Å². The molecular formula is C32H42F5N3O2. The van der Waals surface area contributed by atoms with Crippen LogP contribution in [-0.2, 0) is 16.9 Å². The fraction of sp³-hybridized carbons (Fsp3) is 0.625. The van der Waals surface area contributed by atoms with E-state index >= 15 is 0 Å². The average molecular weight is 596 g/mol. The first-order valence-corrected chi connectivity index (χ1v) is 14.7. The van der Waals surface area contributed by atoms with E-state index in [-0.39, 0.29) is 24.2 Å². The second-order valence-corrected chi connectivity index (χ2v) is 13.3. The van der Waals surface area contributed by atoms with E-state index in [2.05, 4.69) is 39.9 Å². The number of benzene rings is 1. The van der Waals surface area contributed by atoms with Gasteiger partial charge in [-0.25, -0.2) is 0 Å². The molecule has 4 rings (SSSR count). The molecule has 2 aliphatic heterocycles. The van der Waals surface area contributed by atoms with E-state index < -0.39 is 47.2 Å². The topological polar surface area (TPSA) is 56.7 Å². The minimum atomic E-state index is -4.61. The Bertz CT molecular complexity index is 1200. The summed E-state index contributed by atoms with van der Waals surface area (Å²) in [6.07, 6.45) is -2.79. The minimum Gasteiger partial charge on any atom is -0.480 e. The van der Waals surface area contributed by atoms with Crippen LogP contribution in [0.5, 0.6) is 0 Å². The predicted octanol–water partition coefficient (Wildman–Crippen LogP) is 7.21. The van der Waals surface area contributed by atoms with Crippen molar-refractivity contribution in [3.8, 4) is 0 Å². The van der Waals surface area contributed by atoms with Gasteiger partial charge in [0.2, 0.25) is 0 Å². The highest BCUT2D eigenvalue weighted by molar-refractivity contribution is 5.74. The molecule has 0 radical (unpaired) electrons. The van der Waals surface area contributed by atoms with Gasteiger partial charge in [-0.3, -0.25) is 14.7 Å². The fourth-order valence-electron chi connectivity index (χ4n) is 6.73. The van der Waals surface area contributed by atoms with Gasteiger partial charge in [0.15, 0.2) is 0 Å². The van der Waals surface area contributed by atoms with E-state index in [4.69, 9.17) is 0 Å². The van der Waals surface area contributed by atoms with Crippen LogP contribution in [0.3, 0.4) is 0 Å². The highest BCUT2D eigenvalue weighted by Gasteiger charge is 2.44. The van der Waals surface area contributed by atoms with Gasteiger partial charge in [0, 0.05) is 38.2 Å². The first kappa shape index (κ1) is 32.3. The van der Waals surface area contributed by atoms with Gasteiger partial charge < -0.3 is 10.0 Å². The van der Waals surface area contributed by atoms with Crippen molar-refractivity contribution in [2.45, 2.75) is 77.4 Å². The third-order valence-electron chi connectivity index (χ3n) is 8.89. The maximum atomic E-state index is 14.8. The molecule has 2 saturated heterocycles. The standard InChI is InChI=1S/C32H42F5N3O2/c1-21-6-5-7-23(16-21)26-20-40(28(29(41)42)30(2,3)4)19-24(26)18-39-14-11-22(12-15-39)10-13-31(33,34)27-9-8-25(17-38-27)32(35,36)37/h5-9,16-17,22,24,26,28H,10-15,18-20H2,1-4H3,(H,41,42). The van der Waals surface area contributed by atoms with Crippen molar-refractivity contribution in [3.63, 3.8) is 0 Å². The van der Waals surface area contributed by atoms with E-state index in [1.165, 1.54) is 11.1 Å². The van der Waals surface area contributed by atoms with E-state index in [1.807, 2.05) is 26.8 Å². The van der Waals surface area contributed by atoms with Crippen LogP contribution in [0.2, 0.25) is 0 Å². The molecule has 3 atom stereocenters. The molecule has 2 aromatic rings. The lowest BCUT2D eigenvalue weighted by molar-refractivity contribution is -0.147. The maximum Gasteiger partial charge on any atom is 0.417 e. The summed E-state index contributed by atoms with van der Waals surface area (Å²) in [4.78, 5) is 20.2. The number of carbonyl (C=O) groups is 1. The Labute approximate surface area is 245 Å². The van der Waals surface area contributed by atoms with E-state index in [9.17, 15) is 31.9 Å². The van der Waals surface area contributed by atoms with Gasteiger partial charge in [-0.05, 0) is 74.2 Å². The molecule has 0 bridgehead atoms. The Morgan fingerprint density at radius 2 is 1.74 bits per heavy atom. The van der Waals surface area contributed by atoms with Crippen molar-refractivity contribution in [3.05, 3.63) is 65.0 Å². The number of rotatable bonds is 9. The number of carboxylic acid groups (broad SMARTS) is 1. The molecule has 3 unspecified atom stereocenters. The molecule has 0 amide bonds. The maximum absolute atomic E-state index is 14.8. The van der Waals surface area contributed by atoms with Crippen LogP contribution in [0.4, 0.5) is 22.0 Å². The van der Waals surface area contributed by atoms with Crippen molar-refractivity contribution in [1.29, 1.82) is 0 Å². The quantitative estimate of drug-likeness (QED) is 0.311. The molecule has 0 spiro atoms. The highest BCUT2D eigenvalue weighted by atomic mass is 19.4. The number of alkyl halides is 5. The summed E-state index contributed by atoms with van der Waals surface area (Å²) in [7, 11) is 0. The number of hydrogen-bond donors (Lipinski definition) is 1. The summed E-state index contributed by atoms with van der Waals surface area (Å²) in [5, 5.41) is 10.1. The average Bonchev–Trinajstić information content (AvgIpc) is 3.29. The lowest BCUT2D eigenvalue weighted by Gasteiger charge is -2.36. The number of carboxylic acids is 1. The number of pyridine rings is 1. The molecule has 2 aliphatic rings. The normalized spacial score (nSPS) is 22.4. The number of aryl methyl sites for hydroxylation is 1. The summed E-state index contributed by atoms with van der Waals surface area (Å²) in [5.74, 6) is -3.56. The summed E-state index contributed by atoms with van der Waals surface area (Å²) in [6, 6.07) is 9.25. The van der Waals surface area contributed by atoms with Crippen molar-refractivity contribution < 1.29 is 31.9 Å². The lowest BCUT2D eigenvalue weighted by Crippen LogP contribution is -2.48. The zero-order valence-electron chi connectivity index (χ0n) is 24.8. The zero-order chi connectivity index (χ0) is 30.9. The monoisotopic (exact) mass is 595 g/mol. The van der Waals surface area contributed by atoms with Crippen LogP contribution in [0.15, 0.2) is 42.6 Å². The Balaban J connectivity index is 1.36. The van der Waals surface area contributed by atoms with Gasteiger partial charge in [-0.1, -0.05) is 50.6 Å². The number of nitrogens with zero attached hydrogens (tertiary/aromatic N) is 3. The fourth-order valence-corrected chi connectivity index (χ4v) is 6.73. The molecule has 0 saturated carbocycles. The van der Waals surface area contributed by atoms with E-state index in [1.54, 1.807) is 0 Å². The molecule has 5 nitrogen and oxygen atoms in total. The van der Waals surface area contributed by atoms with Crippen LogP contribution < -0.4 is 0 Å².